The van der Waals surface area contributed by atoms with E-state index < -0.39 is 33.7 Å². The van der Waals surface area contributed by atoms with Gasteiger partial charge in [-0.05, 0) is 12.1 Å². The number of hydrogen-bond acceptors (Lipinski definition) is 4. The van der Waals surface area contributed by atoms with Crippen molar-refractivity contribution in [3.63, 3.8) is 0 Å². The summed E-state index contributed by atoms with van der Waals surface area (Å²) >= 11 is 0. The fourth-order valence-corrected chi connectivity index (χ4v) is 1.66. The first-order chi connectivity index (χ1) is 9.92. The molecule has 0 spiro atoms. The van der Waals surface area contributed by atoms with Gasteiger partial charge in [-0.25, -0.2) is 13.2 Å². The summed E-state index contributed by atoms with van der Waals surface area (Å²) < 4.78 is 39.6. The molecule has 0 radical (unpaired) electrons. The van der Waals surface area contributed by atoms with E-state index in [2.05, 4.69) is 5.32 Å². The number of rotatable bonds is 3. The van der Waals surface area contributed by atoms with Gasteiger partial charge in [0.15, 0.2) is 11.6 Å². The molecule has 0 fully saturated rings. The van der Waals surface area contributed by atoms with Crippen molar-refractivity contribution in [3.8, 4) is 6.07 Å². The van der Waals surface area contributed by atoms with Crippen molar-refractivity contribution in [1.82, 2.24) is 0 Å². The van der Waals surface area contributed by atoms with E-state index in [1.807, 2.05) is 0 Å². The van der Waals surface area contributed by atoms with Gasteiger partial charge in [-0.2, -0.15) is 5.26 Å². The molecule has 21 heavy (non-hydrogen) atoms. The Morgan fingerprint density at radius 2 is 1.90 bits per heavy atom. The molecule has 0 aliphatic carbocycles. The first-order valence-corrected chi connectivity index (χ1v) is 5.52. The second-order valence-electron chi connectivity index (χ2n) is 3.97. The molecular weight excluding hydrogens is 287 g/mol. The SMILES string of the molecule is N#Cc1ccc(Nc2cc(F)cc(F)c2F)cc1[N+](=O)[O-]. The van der Waals surface area contributed by atoms with Crippen LogP contribution in [0.25, 0.3) is 0 Å². The Labute approximate surface area is 116 Å². The van der Waals surface area contributed by atoms with Gasteiger partial charge in [-0.1, -0.05) is 0 Å². The highest BCUT2D eigenvalue weighted by Crippen LogP contribution is 2.27. The van der Waals surface area contributed by atoms with Crippen molar-refractivity contribution in [2.24, 2.45) is 0 Å². The molecule has 8 heteroatoms. The van der Waals surface area contributed by atoms with E-state index in [0.717, 1.165) is 12.1 Å². The molecule has 0 atom stereocenters. The lowest BCUT2D eigenvalue weighted by atomic mass is 10.1. The summed E-state index contributed by atoms with van der Waals surface area (Å²) in [6.07, 6.45) is 0. The summed E-state index contributed by atoms with van der Waals surface area (Å²) in [5, 5.41) is 21.9. The van der Waals surface area contributed by atoms with E-state index in [9.17, 15) is 23.3 Å². The average Bonchev–Trinajstić information content (AvgIpc) is 2.44. The zero-order valence-electron chi connectivity index (χ0n) is 10.2. The number of hydrogen-bond donors (Lipinski definition) is 1. The number of nitriles is 1. The number of nitro groups is 1. The van der Waals surface area contributed by atoms with Crippen LogP contribution in [0, 0.1) is 38.9 Å². The van der Waals surface area contributed by atoms with Gasteiger partial charge in [-0.15, -0.1) is 0 Å². The summed E-state index contributed by atoms with van der Waals surface area (Å²) in [4.78, 5) is 10.0. The van der Waals surface area contributed by atoms with Gasteiger partial charge >= 0.3 is 0 Å². The van der Waals surface area contributed by atoms with Crippen molar-refractivity contribution in [2.45, 2.75) is 0 Å². The topological polar surface area (TPSA) is 79.0 Å². The predicted molar refractivity (Wildman–Crippen MR) is 67.4 cm³/mol. The van der Waals surface area contributed by atoms with Crippen LogP contribution in [0.1, 0.15) is 5.56 Å². The highest BCUT2D eigenvalue weighted by Gasteiger charge is 2.16. The van der Waals surface area contributed by atoms with Gasteiger partial charge in [-0.3, -0.25) is 10.1 Å². The molecule has 0 aliphatic rings. The number of nitrogens with one attached hydrogen (secondary N) is 1. The summed E-state index contributed by atoms with van der Waals surface area (Å²) in [5.74, 6) is -3.70. The normalized spacial score (nSPS) is 10.0. The fraction of sp³-hybridized carbons (Fsp3) is 0. The van der Waals surface area contributed by atoms with Crippen LogP contribution in [0.5, 0.6) is 0 Å². The number of benzene rings is 2. The minimum atomic E-state index is -1.39. The quantitative estimate of drug-likeness (QED) is 0.532. The monoisotopic (exact) mass is 293 g/mol. The number of nitro benzene ring substituents is 1. The Kier molecular flexibility index (Phi) is 3.75. The van der Waals surface area contributed by atoms with Gasteiger partial charge in [0.2, 0.25) is 0 Å². The number of anilines is 2. The molecule has 0 aromatic heterocycles. The maximum absolute atomic E-state index is 13.5. The van der Waals surface area contributed by atoms with Crippen molar-refractivity contribution in [1.29, 1.82) is 5.26 Å². The van der Waals surface area contributed by atoms with Crippen LogP contribution in [0.3, 0.4) is 0 Å². The van der Waals surface area contributed by atoms with E-state index in [0.29, 0.717) is 12.1 Å². The second-order valence-corrected chi connectivity index (χ2v) is 3.97. The van der Waals surface area contributed by atoms with Gasteiger partial charge in [0.1, 0.15) is 17.4 Å². The molecule has 0 amide bonds. The Bertz CT molecular complexity index is 772. The average molecular weight is 293 g/mol. The second kappa shape index (κ2) is 5.50. The Morgan fingerprint density at radius 1 is 1.19 bits per heavy atom. The van der Waals surface area contributed by atoms with Crippen LogP contribution in [-0.2, 0) is 0 Å². The third-order valence-corrected chi connectivity index (χ3v) is 2.59. The van der Waals surface area contributed by atoms with E-state index in [-0.39, 0.29) is 11.3 Å². The minimum Gasteiger partial charge on any atom is -0.353 e. The molecule has 0 saturated carbocycles. The molecule has 2 rings (SSSR count). The van der Waals surface area contributed by atoms with Crippen molar-refractivity contribution in [2.75, 3.05) is 5.32 Å². The molecule has 2 aromatic rings. The van der Waals surface area contributed by atoms with Crippen LogP contribution in [0.4, 0.5) is 30.2 Å². The molecule has 5 nitrogen and oxygen atoms in total. The first kappa shape index (κ1) is 14.3. The highest BCUT2D eigenvalue weighted by molar-refractivity contribution is 5.66. The molecule has 2 aromatic carbocycles. The van der Waals surface area contributed by atoms with Crippen LogP contribution >= 0.6 is 0 Å². The van der Waals surface area contributed by atoms with E-state index >= 15 is 0 Å². The van der Waals surface area contributed by atoms with E-state index in [1.54, 1.807) is 6.07 Å². The first-order valence-electron chi connectivity index (χ1n) is 5.52. The van der Waals surface area contributed by atoms with Crippen molar-refractivity contribution in [3.05, 3.63) is 63.5 Å². The molecule has 0 aliphatic heterocycles. The smallest absolute Gasteiger partial charge is 0.289 e. The summed E-state index contributed by atoms with van der Waals surface area (Å²) in [7, 11) is 0. The molecule has 106 valence electrons. The highest BCUT2D eigenvalue weighted by atomic mass is 19.2. The van der Waals surface area contributed by atoms with Crippen molar-refractivity contribution < 1.29 is 18.1 Å². The Hall–Kier alpha value is -3.08. The fourth-order valence-electron chi connectivity index (χ4n) is 1.66. The van der Waals surface area contributed by atoms with Crippen molar-refractivity contribution >= 4 is 17.1 Å². The van der Waals surface area contributed by atoms with Gasteiger partial charge in [0.05, 0.1) is 10.6 Å². The number of halogens is 3. The van der Waals surface area contributed by atoms with Gasteiger partial charge in [0, 0.05) is 23.9 Å². The molecule has 1 N–H and O–H groups in total. The largest absolute Gasteiger partial charge is 0.353 e. The minimum absolute atomic E-state index is 0.0181. The third-order valence-electron chi connectivity index (χ3n) is 2.59. The Morgan fingerprint density at radius 3 is 2.52 bits per heavy atom. The maximum Gasteiger partial charge on any atom is 0.289 e. The lowest BCUT2D eigenvalue weighted by Gasteiger charge is -2.08. The molecule has 0 unspecified atom stereocenters. The van der Waals surface area contributed by atoms with Crippen LogP contribution in [0.15, 0.2) is 30.3 Å². The molecule has 0 bridgehead atoms. The van der Waals surface area contributed by atoms with Crippen LogP contribution in [0.2, 0.25) is 0 Å². The van der Waals surface area contributed by atoms with Gasteiger partial charge in [0.25, 0.3) is 5.69 Å². The van der Waals surface area contributed by atoms with E-state index in [1.165, 1.54) is 6.07 Å². The third kappa shape index (κ3) is 2.92. The van der Waals surface area contributed by atoms with Crippen LogP contribution in [-0.4, -0.2) is 4.92 Å². The summed E-state index contributed by atoms with van der Waals surface area (Å²) in [6, 6.07) is 6.10. The zero-order valence-corrected chi connectivity index (χ0v) is 10.2. The molecular formula is C13H6F3N3O2. The van der Waals surface area contributed by atoms with Gasteiger partial charge < -0.3 is 5.32 Å². The summed E-state index contributed by atoms with van der Waals surface area (Å²) in [6.45, 7) is 0. The van der Waals surface area contributed by atoms with Crippen LogP contribution < -0.4 is 5.32 Å². The predicted octanol–water partition coefficient (Wildman–Crippen LogP) is 3.63. The summed E-state index contributed by atoms with van der Waals surface area (Å²) in [5.41, 5.74) is -1.17. The lowest BCUT2D eigenvalue weighted by Crippen LogP contribution is -1.99. The number of nitrogens with zero attached hydrogens (tertiary/aromatic N) is 2. The zero-order chi connectivity index (χ0) is 15.6. The van der Waals surface area contributed by atoms with E-state index in [4.69, 9.17) is 5.26 Å². The lowest BCUT2D eigenvalue weighted by molar-refractivity contribution is -0.385. The maximum atomic E-state index is 13.5. The molecule has 0 saturated heterocycles. The standard InChI is InChI=1S/C13H6F3N3O2/c14-8-3-10(15)13(16)11(4-8)18-9-2-1-7(6-17)12(5-9)19(20)21/h1-5,18H. The Balaban J connectivity index is 2.44. The molecule has 0 heterocycles.